The van der Waals surface area contributed by atoms with Gasteiger partial charge < -0.3 is 20.6 Å². The third-order valence-electron chi connectivity index (χ3n) is 3.49. The largest absolute Gasteiger partial charge is 0.465 e. The highest BCUT2D eigenvalue weighted by Gasteiger charge is 2.37. The zero-order valence-corrected chi connectivity index (χ0v) is 13.2. The predicted molar refractivity (Wildman–Crippen MR) is 76.4 cm³/mol. The SMILES string of the molecule is CC(C)(C)[Si](C)(C)OC[C@@H](N)CCCNC(=O)O. The maximum absolute atomic E-state index is 10.3. The molecule has 4 N–H and O–H groups in total. The van der Waals surface area contributed by atoms with Crippen LogP contribution in [0.25, 0.3) is 0 Å². The highest BCUT2D eigenvalue weighted by molar-refractivity contribution is 6.74. The molecule has 1 atom stereocenters. The quantitative estimate of drug-likeness (QED) is 0.492. The van der Waals surface area contributed by atoms with Crippen LogP contribution in [0.1, 0.15) is 33.6 Å². The standard InChI is InChI=1S/C12H28N2O3Si/c1-12(2,3)18(4,5)17-9-10(13)7-6-8-14-11(15)16/h10,14H,6-9,13H2,1-5H3,(H,15,16)/t10-/m0/s1. The van der Waals surface area contributed by atoms with E-state index in [9.17, 15) is 4.79 Å². The fraction of sp³-hybridized carbons (Fsp3) is 0.917. The molecule has 0 fully saturated rings. The van der Waals surface area contributed by atoms with Gasteiger partial charge in [-0.3, -0.25) is 0 Å². The van der Waals surface area contributed by atoms with Gasteiger partial charge in [0, 0.05) is 19.2 Å². The first-order chi connectivity index (χ1) is 8.06. The van der Waals surface area contributed by atoms with Gasteiger partial charge in [0.15, 0.2) is 8.32 Å². The van der Waals surface area contributed by atoms with Crippen molar-refractivity contribution >= 4 is 14.4 Å². The molecule has 5 nitrogen and oxygen atoms in total. The van der Waals surface area contributed by atoms with Crippen LogP contribution in [0.2, 0.25) is 18.1 Å². The number of nitrogens with two attached hydrogens (primary N) is 1. The minimum Gasteiger partial charge on any atom is -0.465 e. The van der Waals surface area contributed by atoms with E-state index >= 15 is 0 Å². The number of amides is 1. The van der Waals surface area contributed by atoms with Crippen molar-refractivity contribution in [2.24, 2.45) is 5.73 Å². The summed E-state index contributed by atoms with van der Waals surface area (Å²) in [4.78, 5) is 10.3. The summed E-state index contributed by atoms with van der Waals surface area (Å²) in [5.74, 6) is 0. The Balaban J connectivity index is 3.83. The number of carbonyl (C=O) groups is 1. The van der Waals surface area contributed by atoms with E-state index in [0.717, 1.165) is 12.8 Å². The van der Waals surface area contributed by atoms with Gasteiger partial charge in [0.1, 0.15) is 0 Å². The van der Waals surface area contributed by atoms with E-state index in [1.54, 1.807) is 0 Å². The van der Waals surface area contributed by atoms with Gasteiger partial charge >= 0.3 is 6.09 Å². The van der Waals surface area contributed by atoms with Crippen LogP contribution in [0.3, 0.4) is 0 Å². The molecule has 18 heavy (non-hydrogen) atoms. The van der Waals surface area contributed by atoms with Gasteiger partial charge in [-0.15, -0.1) is 0 Å². The Morgan fingerprint density at radius 2 is 2.00 bits per heavy atom. The minimum absolute atomic E-state index is 0.0188. The molecule has 0 saturated carbocycles. The van der Waals surface area contributed by atoms with Gasteiger partial charge in [-0.1, -0.05) is 20.8 Å². The number of nitrogens with one attached hydrogen (secondary N) is 1. The van der Waals surface area contributed by atoms with E-state index < -0.39 is 14.4 Å². The average Bonchev–Trinajstić information content (AvgIpc) is 2.19. The summed E-state index contributed by atoms with van der Waals surface area (Å²) < 4.78 is 6.01. The molecule has 0 unspecified atom stereocenters. The van der Waals surface area contributed by atoms with E-state index in [2.05, 4.69) is 39.2 Å². The molecule has 1 amide bonds. The van der Waals surface area contributed by atoms with Crippen molar-refractivity contribution in [2.45, 2.75) is 57.8 Å². The monoisotopic (exact) mass is 276 g/mol. The van der Waals surface area contributed by atoms with Gasteiger partial charge in [0.25, 0.3) is 0 Å². The molecular formula is C12H28N2O3Si. The molecule has 0 radical (unpaired) electrons. The molecule has 0 aliphatic heterocycles. The fourth-order valence-electron chi connectivity index (χ4n) is 1.17. The molecule has 0 aliphatic carbocycles. The Morgan fingerprint density at radius 1 is 1.44 bits per heavy atom. The first-order valence-electron chi connectivity index (χ1n) is 6.42. The minimum atomic E-state index is -1.72. The topological polar surface area (TPSA) is 84.6 Å². The van der Waals surface area contributed by atoms with Crippen LogP contribution < -0.4 is 11.1 Å². The van der Waals surface area contributed by atoms with E-state index in [1.807, 2.05) is 0 Å². The van der Waals surface area contributed by atoms with Gasteiger partial charge in [-0.05, 0) is 31.0 Å². The second-order valence-electron chi connectivity index (χ2n) is 6.21. The highest BCUT2D eigenvalue weighted by atomic mass is 28.4. The summed E-state index contributed by atoms with van der Waals surface area (Å²) in [7, 11) is -1.72. The molecule has 0 rings (SSSR count). The molecule has 0 heterocycles. The highest BCUT2D eigenvalue weighted by Crippen LogP contribution is 2.36. The first kappa shape index (κ1) is 17.4. The van der Waals surface area contributed by atoms with Gasteiger partial charge in [0.05, 0.1) is 0 Å². The lowest BCUT2D eigenvalue weighted by Gasteiger charge is -2.36. The normalized spacial score (nSPS) is 14.3. The maximum atomic E-state index is 10.3. The lowest BCUT2D eigenvalue weighted by Crippen LogP contribution is -2.44. The lowest BCUT2D eigenvalue weighted by molar-refractivity contribution is 0.194. The molecule has 0 aromatic rings. The fourth-order valence-corrected chi connectivity index (χ4v) is 2.24. The van der Waals surface area contributed by atoms with Crippen molar-refractivity contribution < 1.29 is 14.3 Å². The Bertz CT molecular complexity index is 265. The van der Waals surface area contributed by atoms with Crippen molar-refractivity contribution in [3.8, 4) is 0 Å². The van der Waals surface area contributed by atoms with Crippen LogP contribution in [0.5, 0.6) is 0 Å². The van der Waals surface area contributed by atoms with E-state index in [4.69, 9.17) is 15.3 Å². The van der Waals surface area contributed by atoms with Crippen LogP contribution in [0.4, 0.5) is 4.79 Å². The van der Waals surface area contributed by atoms with Crippen LogP contribution in [-0.4, -0.2) is 38.7 Å². The number of carboxylic acid groups (broad SMARTS) is 1. The Kier molecular flexibility index (Phi) is 6.87. The smallest absolute Gasteiger partial charge is 0.404 e. The summed E-state index contributed by atoms with van der Waals surface area (Å²) in [5.41, 5.74) is 5.96. The van der Waals surface area contributed by atoms with Gasteiger partial charge in [0.2, 0.25) is 0 Å². The van der Waals surface area contributed by atoms with E-state index in [-0.39, 0.29) is 11.1 Å². The van der Waals surface area contributed by atoms with Gasteiger partial charge in [-0.2, -0.15) is 0 Å². The molecule has 6 heteroatoms. The number of rotatable bonds is 7. The van der Waals surface area contributed by atoms with Crippen molar-refractivity contribution in [1.29, 1.82) is 0 Å². The molecule has 0 bridgehead atoms. The number of hydrogen-bond donors (Lipinski definition) is 3. The molecule has 108 valence electrons. The predicted octanol–water partition coefficient (Wildman–Crippen LogP) is 2.38. The zero-order valence-electron chi connectivity index (χ0n) is 12.2. The Hall–Kier alpha value is -0.593. The van der Waals surface area contributed by atoms with E-state index in [1.165, 1.54) is 0 Å². The Morgan fingerprint density at radius 3 is 2.44 bits per heavy atom. The molecule has 0 aromatic carbocycles. The van der Waals surface area contributed by atoms with Crippen molar-refractivity contribution in [1.82, 2.24) is 5.32 Å². The number of hydrogen-bond acceptors (Lipinski definition) is 3. The van der Waals surface area contributed by atoms with Crippen molar-refractivity contribution in [2.75, 3.05) is 13.2 Å². The average molecular weight is 276 g/mol. The molecule has 0 spiro atoms. The van der Waals surface area contributed by atoms with Crippen LogP contribution in [0, 0.1) is 0 Å². The first-order valence-corrected chi connectivity index (χ1v) is 9.33. The van der Waals surface area contributed by atoms with Crippen LogP contribution >= 0.6 is 0 Å². The molecule has 0 aromatic heterocycles. The third kappa shape index (κ3) is 6.98. The molecule has 0 saturated heterocycles. The molecular weight excluding hydrogens is 248 g/mol. The van der Waals surface area contributed by atoms with E-state index in [0.29, 0.717) is 13.2 Å². The van der Waals surface area contributed by atoms with Gasteiger partial charge in [-0.25, -0.2) is 4.79 Å². The summed E-state index contributed by atoms with van der Waals surface area (Å²) in [6.07, 6.45) is 0.532. The second kappa shape index (κ2) is 7.11. The van der Waals surface area contributed by atoms with Crippen LogP contribution in [-0.2, 0) is 4.43 Å². The maximum Gasteiger partial charge on any atom is 0.404 e. The van der Waals surface area contributed by atoms with Crippen LogP contribution in [0.15, 0.2) is 0 Å². The van der Waals surface area contributed by atoms with Crippen molar-refractivity contribution in [3.63, 3.8) is 0 Å². The summed E-state index contributed by atoms with van der Waals surface area (Å²) >= 11 is 0. The Labute approximate surface area is 111 Å². The van der Waals surface area contributed by atoms with Crippen molar-refractivity contribution in [3.05, 3.63) is 0 Å². The third-order valence-corrected chi connectivity index (χ3v) is 7.99. The lowest BCUT2D eigenvalue weighted by atomic mass is 10.2. The summed E-state index contributed by atoms with van der Waals surface area (Å²) in [5, 5.41) is 10.9. The summed E-state index contributed by atoms with van der Waals surface area (Å²) in [6.45, 7) is 12.0. The molecule has 0 aliphatic rings. The zero-order chi connectivity index (χ0) is 14.4. The second-order valence-corrected chi connectivity index (χ2v) is 11.0. The summed E-state index contributed by atoms with van der Waals surface area (Å²) in [6, 6.07) is -0.0188.